The number of amides is 1. The molecule has 0 aliphatic carbocycles. The van der Waals surface area contributed by atoms with E-state index >= 15 is 0 Å². The van der Waals surface area contributed by atoms with Crippen molar-refractivity contribution in [3.63, 3.8) is 0 Å². The molecule has 1 amide bonds. The normalized spacial score (nSPS) is 27.7. The fourth-order valence-electron chi connectivity index (χ4n) is 2.50. The Morgan fingerprint density at radius 1 is 1.50 bits per heavy atom. The van der Waals surface area contributed by atoms with Crippen molar-refractivity contribution < 1.29 is 14.7 Å². The maximum atomic E-state index is 12.3. The second-order valence-electron chi connectivity index (χ2n) is 5.35. The number of nitrogens with two attached hydrogens (primary N) is 1. The number of carbonyl (C=O) groups is 2. The number of rotatable bonds is 4. The van der Waals surface area contributed by atoms with Crippen LogP contribution in [-0.4, -0.2) is 40.5 Å². The van der Waals surface area contributed by atoms with Gasteiger partial charge in [-0.15, -0.1) is 0 Å². The highest BCUT2D eigenvalue weighted by Gasteiger charge is 2.39. The van der Waals surface area contributed by atoms with Crippen LogP contribution in [0.4, 0.5) is 0 Å². The number of carboxylic acids is 1. The summed E-state index contributed by atoms with van der Waals surface area (Å²) in [4.78, 5) is 25.1. The van der Waals surface area contributed by atoms with Crippen molar-refractivity contribution in [3.05, 3.63) is 0 Å². The Kier molecular flexibility index (Phi) is 5.14. The van der Waals surface area contributed by atoms with Crippen molar-refractivity contribution in [1.29, 1.82) is 0 Å². The molecule has 0 bridgehead atoms. The predicted octanol–water partition coefficient (Wildman–Crippen LogP) is 1.07. The van der Waals surface area contributed by atoms with Gasteiger partial charge < -0.3 is 15.7 Å². The van der Waals surface area contributed by atoms with Gasteiger partial charge >= 0.3 is 5.97 Å². The average Bonchev–Trinajstić information content (AvgIpc) is 2.35. The van der Waals surface area contributed by atoms with Crippen LogP contribution in [0.2, 0.25) is 0 Å². The lowest BCUT2D eigenvalue weighted by atomic mass is 9.89. The van der Waals surface area contributed by atoms with Crippen molar-refractivity contribution in [2.45, 2.75) is 52.1 Å². The number of likely N-dealkylation sites (tertiary alicyclic amines) is 1. The van der Waals surface area contributed by atoms with E-state index in [0.29, 0.717) is 6.54 Å². The third-order valence-corrected chi connectivity index (χ3v) is 4.01. The molecule has 0 aromatic rings. The van der Waals surface area contributed by atoms with E-state index in [4.69, 9.17) is 5.73 Å². The molecular formula is C13H24N2O3. The summed E-state index contributed by atoms with van der Waals surface area (Å²) in [6, 6.07) is -1.32. The van der Waals surface area contributed by atoms with Gasteiger partial charge in [0.2, 0.25) is 5.91 Å². The van der Waals surface area contributed by atoms with E-state index in [1.165, 1.54) is 4.90 Å². The number of aliphatic carboxylic acids is 1. The summed E-state index contributed by atoms with van der Waals surface area (Å²) in [6.07, 6.45) is 2.51. The maximum Gasteiger partial charge on any atom is 0.326 e. The van der Waals surface area contributed by atoms with Gasteiger partial charge in [0.1, 0.15) is 6.04 Å². The fourth-order valence-corrected chi connectivity index (χ4v) is 2.50. The lowest BCUT2D eigenvalue weighted by Gasteiger charge is -2.39. The Morgan fingerprint density at radius 2 is 2.11 bits per heavy atom. The molecule has 0 radical (unpaired) electrons. The summed E-state index contributed by atoms with van der Waals surface area (Å²) in [5.41, 5.74) is 5.93. The van der Waals surface area contributed by atoms with Crippen LogP contribution in [0.15, 0.2) is 0 Å². The van der Waals surface area contributed by atoms with Crippen molar-refractivity contribution in [3.8, 4) is 0 Å². The van der Waals surface area contributed by atoms with Crippen LogP contribution < -0.4 is 5.73 Å². The first-order valence-electron chi connectivity index (χ1n) is 6.69. The van der Waals surface area contributed by atoms with Gasteiger partial charge in [-0.3, -0.25) is 4.79 Å². The third-order valence-electron chi connectivity index (χ3n) is 4.01. The van der Waals surface area contributed by atoms with Gasteiger partial charge in [-0.1, -0.05) is 27.2 Å². The molecule has 5 nitrogen and oxygen atoms in total. The van der Waals surface area contributed by atoms with E-state index in [-0.39, 0.29) is 17.7 Å². The van der Waals surface area contributed by atoms with Crippen LogP contribution in [0.3, 0.4) is 0 Å². The highest BCUT2D eigenvalue weighted by Crippen LogP contribution is 2.25. The Hall–Kier alpha value is -1.10. The maximum absolute atomic E-state index is 12.3. The highest BCUT2D eigenvalue weighted by atomic mass is 16.4. The van der Waals surface area contributed by atoms with Gasteiger partial charge in [-0.05, 0) is 24.7 Å². The van der Waals surface area contributed by atoms with Crippen LogP contribution >= 0.6 is 0 Å². The molecule has 1 heterocycles. The zero-order chi connectivity index (χ0) is 13.9. The second kappa shape index (κ2) is 6.18. The standard InChI is InChI=1S/C13H24N2O3/c1-4-8(2)10(14)12(16)15-7-5-6-9(3)11(15)13(17)18/h8-11H,4-7,14H2,1-3H3,(H,17,18). The quantitative estimate of drug-likeness (QED) is 0.788. The minimum atomic E-state index is -0.924. The molecule has 1 fully saturated rings. The first-order valence-corrected chi connectivity index (χ1v) is 6.69. The van der Waals surface area contributed by atoms with Crippen LogP contribution in [0.25, 0.3) is 0 Å². The molecule has 0 aromatic carbocycles. The zero-order valence-electron chi connectivity index (χ0n) is 11.4. The zero-order valence-corrected chi connectivity index (χ0v) is 11.4. The number of piperidine rings is 1. The molecule has 5 heteroatoms. The molecule has 4 atom stereocenters. The molecular weight excluding hydrogens is 232 g/mol. The average molecular weight is 256 g/mol. The van der Waals surface area contributed by atoms with E-state index in [0.717, 1.165) is 19.3 Å². The molecule has 0 spiro atoms. The molecule has 104 valence electrons. The van der Waals surface area contributed by atoms with Crippen LogP contribution in [-0.2, 0) is 9.59 Å². The smallest absolute Gasteiger partial charge is 0.326 e. The predicted molar refractivity (Wildman–Crippen MR) is 69.0 cm³/mol. The molecule has 4 unspecified atom stereocenters. The topological polar surface area (TPSA) is 83.6 Å². The highest BCUT2D eigenvalue weighted by molar-refractivity contribution is 5.87. The summed E-state index contributed by atoms with van der Waals surface area (Å²) in [6.45, 7) is 6.29. The molecule has 0 aromatic heterocycles. The van der Waals surface area contributed by atoms with Gasteiger partial charge in [0, 0.05) is 6.54 Å². The lowest BCUT2D eigenvalue weighted by Crippen LogP contribution is -2.57. The largest absolute Gasteiger partial charge is 0.480 e. The monoisotopic (exact) mass is 256 g/mol. The van der Waals surface area contributed by atoms with Crippen molar-refractivity contribution in [2.24, 2.45) is 17.6 Å². The summed E-state index contributed by atoms with van der Waals surface area (Å²) >= 11 is 0. The Labute approximate surface area is 108 Å². The van der Waals surface area contributed by atoms with Gasteiger partial charge in [-0.2, -0.15) is 0 Å². The molecule has 1 aliphatic heterocycles. The number of hydrogen-bond donors (Lipinski definition) is 2. The van der Waals surface area contributed by atoms with E-state index in [2.05, 4.69) is 0 Å². The molecule has 18 heavy (non-hydrogen) atoms. The van der Waals surface area contributed by atoms with Crippen LogP contribution in [0, 0.1) is 11.8 Å². The number of hydrogen-bond acceptors (Lipinski definition) is 3. The Morgan fingerprint density at radius 3 is 2.61 bits per heavy atom. The van der Waals surface area contributed by atoms with Gasteiger partial charge in [-0.25, -0.2) is 4.79 Å². The molecule has 0 saturated carbocycles. The van der Waals surface area contributed by atoms with Gasteiger partial charge in [0.05, 0.1) is 6.04 Å². The Balaban J connectivity index is 2.84. The lowest BCUT2D eigenvalue weighted by molar-refractivity contribution is -0.155. The fraction of sp³-hybridized carbons (Fsp3) is 0.846. The molecule has 1 rings (SSSR count). The minimum Gasteiger partial charge on any atom is -0.480 e. The van der Waals surface area contributed by atoms with E-state index in [9.17, 15) is 14.7 Å². The Bertz CT molecular complexity index is 319. The molecule has 1 saturated heterocycles. The first kappa shape index (κ1) is 15.0. The minimum absolute atomic E-state index is 0.00988. The van der Waals surface area contributed by atoms with E-state index in [1.54, 1.807) is 0 Å². The summed E-state index contributed by atoms with van der Waals surface area (Å²) < 4.78 is 0. The van der Waals surface area contributed by atoms with Crippen molar-refractivity contribution in [1.82, 2.24) is 4.90 Å². The molecule has 3 N–H and O–H groups in total. The SMILES string of the molecule is CCC(C)C(N)C(=O)N1CCCC(C)C1C(=O)O. The molecule has 1 aliphatic rings. The summed E-state index contributed by atoms with van der Waals surface area (Å²) in [5, 5.41) is 9.27. The number of carbonyl (C=O) groups excluding carboxylic acids is 1. The third kappa shape index (κ3) is 3.02. The van der Waals surface area contributed by atoms with Gasteiger partial charge in [0.25, 0.3) is 0 Å². The summed E-state index contributed by atoms with van der Waals surface area (Å²) in [5.74, 6) is -1.08. The van der Waals surface area contributed by atoms with Crippen LogP contribution in [0.5, 0.6) is 0 Å². The van der Waals surface area contributed by atoms with E-state index in [1.807, 2.05) is 20.8 Å². The van der Waals surface area contributed by atoms with Crippen LogP contribution in [0.1, 0.15) is 40.0 Å². The number of nitrogens with zero attached hydrogens (tertiary/aromatic N) is 1. The number of carboxylic acid groups (broad SMARTS) is 1. The van der Waals surface area contributed by atoms with Gasteiger partial charge in [0.15, 0.2) is 0 Å². The van der Waals surface area contributed by atoms with E-state index < -0.39 is 18.1 Å². The summed E-state index contributed by atoms with van der Waals surface area (Å²) in [7, 11) is 0. The second-order valence-corrected chi connectivity index (χ2v) is 5.35. The first-order chi connectivity index (χ1) is 8.40. The van der Waals surface area contributed by atoms with Crippen molar-refractivity contribution >= 4 is 11.9 Å². The van der Waals surface area contributed by atoms with Crippen molar-refractivity contribution in [2.75, 3.05) is 6.54 Å².